The zero-order chi connectivity index (χ0) is 20.5. The minimum Gasteiger partial charge on any atom is -0.504 e. The van der Waals surface area contributed by atoms with Crippen molar-refractivity contribution in [2.45, 2.75) is 0 Å². The Morgan fingerprint density at radius 3 is 2.75 bits per heavy atom. The van der Waals surface area contributed by atoms with E-state index >= 15 is 0 Å². The lowest BCUT2D eigenvalue weighted by Gasteiger charge is -2.06. The van der Waals surface area contributed by atoms with E-state index in [1.54, 1.807) is 12.1 Å². The van der Waals surface area contributed by atoms with Gasteiger partial charge in [-0.3, -0.25) is 14.9 Å². The van der Waals surface area contributed by atoms with Crippen molar-refractivity contribution in [3.63, 3.8) is 0 Å². The van der Waals surface area contributed by atoms with Gasteiger partial charge in [0.15, 0.2) is 11.5 Å². The molecule has 0 aromatic heterocycles. The lowest BCUT2D eigenvalue weighted by Crippen LogP contribution is -2.37. The molecule has 0 aliphatic carbocycles. The number of nitro groups is 1. The van der Waals surface area contributed by atoms with Gasteiger partial charge in [0.05, 0.1) is 18.2 Å². The normalized spacial score (nSPS) is 10.3. The van der Waals surface area contributed by atoms with Gasteiger partial charge in [-0.1, -0.05) is 6.07 Å². The highest BCUT2D eigenvalue weighted by Gasteiger charge is 2.09. The van der Waals surface area contributed by atoms with Crippen molar-refractivity contribution in [1.29, 1.82) is 0 Å². The van der Waals surface area contributed by atoms with Crippen LogP contribution in [0.15, 0.2) is 47.6 Å². The zero-order valence-electron chi connectivity index (χ0n) is 14.7. The minimum absolute atomic E-state index is 0.0720. The molecule has 2 aromatic carbocycles. The third kappa shape index (κ3) is 5.98. The van der Waals surface area contributed by atoms with Gasteiger partial charge in [-0.2, -0.15) is 5.10 Å². The molecule has 0 aliphatic heterocycles. The number of phenols is 1. The fourth-order valence-electron chi connectivity index (χ4n) is 2.04. The summed E-state index contributed by atoms with van der Waals surface area (Å²) in [5.41, 5.74) is 2.77. The number of hydrogen-bond acceptors (Lipinski definition) is 7. The van der Waals surface area contributed by atoms with E-state index in [0.29, 0.717) is 11.3 Å². The molecule has 11 nitrogen and oxygen atoms in total. The van der Waals surface area contributed by atoms with E-state index < -0.39 is 16.9 Å². The Kier molecular flexibility index (Phi) is 6.86. The number of amides is 3. The average molecular weight is 387 g/mol. The molecule has 0 unspecified atom stereocenters. The summed E-state index contributed by atoms with van der Waals surface area (Å²) in [5, 5.41) is 28.7. The first kappa shape index (κ1) is 20.2. The average Bonchev–Trinajstić information content (AvgIpc) is 2.67. The van der Waals surface area contributed by atoms with Gasteiger partial charge < -0.3 is 20.5 Å². The van der Waals surface area contributed by atoms with Crippen LogP contribution in [0.25, 0.3) is 0 Å². The Morgan fingerprint density at radius 2 is 2.07 bits per heavy atom. The molecule has 4 N–H and O–H groups in total. The van der Waals surface area contributed by atoms with E-state index in [1.165, 1.54) is 43.7 Å². The van der Waals surface area contributed by atoms with Crippen molar-refractivity contribution in [1.82, 2.24) is 10.7 Å². The number of aromatic hydroxyl groups is 1. The number of ether oxygens (including phenoxy) is 1. The highest BCUT2D eigenvalue weighted by Crippen LogP contribution is 2.25. The van der Waals surface area contributed by atoms with Crippen LogP contribution in [-0.2, 0) is 4.79 Å². The lowest BCUT2D eigenvalue weighted by molar-refractivity contribution is -0.384. The van der Waals surface area contributed by atoms with Crippen molar-refractivity contribution >= 4 is 29.5 Å². The second-order valence-electron chi connectivity index (χ2n) is 5.34. The summed E-state index contributed by atoms with van der Waals surface area (Å²) in [4.78, 5) is 33.5. The number of hydrogen-bond donors (Lipinski definition) is 4. The number of rotatable bonds is 7. The summed E-state index contributed by atoms with van der Waals surface area (Å²) in [5.74, 6) is -0.361. The van der Waals surface area contributed by atoms with Gasteiger partial charge in [0.2, 0.25) is 0 Å². The molecule has 0 radical (unpaired) electrons. The lowest BCUT2D eigenvalue weighted by atomic mass is 10.2. The quantitative estimate of drug-likeness (QED) is 0.321. The number of methoxy groups -OCH3 is 1. The first-order chi connectivity index (χ1) is 13.4. The molecular formula is C17H17N5O6. The maximum Gasteiger partial charge on any atom is 0.319 e. The number of phenolic OH excluding ortho intramolecular Hbond substituents is 1. The maximum atomic E-state index is 11.7. The Labute approximate surface area is 159 Å². The number of anilines is 1. The summed E-state index contributed by atoms with van der Waals surface area (Å²) in [6.45, 7) is -0.369. The first-order valence-electron chi connectivity index (χ1n) is 7.87. The molecule has 0 aliphatic rings. The summed E-state index contributed by atoms with van der Waals surface area (Å²) in [6, 6.07) is 9.23. The van der Waals surface area contributed by atoms with Crippen molar-refractivity contribution in [2.24, 2.45) is 5.10 Å². The van der Waals surface area contributed by atoms with Crippen LogP contribution in [0.5, 0.6) is 11.5 Å². The fourth-order valence-corrected chi connectivity index (χ4v) is 2.04. The van der Waals surface area contributed by atoms with Crippen LogP contribution in [0.3, 0.4) is 0 Å². The predicted octanol–water partition coefficient (Wildman–Crippen LogP) is 1.58. The van der Waals surface area contributed by atoms with Gasteiger partial charge >= 0.3 is 6.03 Å². The highest BCUT2D eigenvalue weighted by atomic mass is 16.6. The molecule has 146 valence electrons. The van der Waals surface area contributed by atoms with Crippen LogP contribution in [-0.4, -0.2) is 41.8 Å². The molecule has 0 fully saturated rings. The Balaban J connectivity index is 1.79. The number of urea groups is 1. The molecular weight excluding hydrogens is 370 g/mol. The second kappa shape index (κ2) is 9.52. The van der Waals surface area contributed by atoms with Crippen LogP contribution in [0.2, 0.25) is 0 Å². The van der Waals surface area contributed by atoms with E-state index in [-0.39, 0.29) is 23.7 Å². The van der Waals surface area contributed by atoms with Gasteiger partial charge in [-0.05, 0) is 29.8 Å². The summed E-state index contributed by atoms with van der Waals surface area (Å²) in [7, 11) is 1.42. The summed E-state index contributed by atoms with van der Waals surface area (Å²) in [6.07, 6.45) is 1.31. The molecule has 2 aromatic rings. The van der Waals surface area contributed by atoms with Crippen LogP contribution >= 0.6 is 0 Å². The SMILES string of the molecule is COc1ccc(C=NNC(=O)CNC(=O)Nc2cccc([N+](=O)[O-])c2)cc1O. The van der Waals surface area contributed by atoms with Gasteiger partial charge in [0.25, 0.3) is 11.6 Å². The minimum atomic E-state index is -0.709. The van der Waals surface area contributed by atoms with E-state index in [1.807, 2.05) is 0 Å². The van der Waals surface area contributed by atoms with Crippen molar-refractivity contribution < 1.29 is 24.4 Å². The zero-order valence-corrected chi connectivity index (χ0v) is 14.7. The fraction of sp³-hybridized carbons (Fsp3) is 0.118. The van der Waals surface area contributed by atoms with E-state index in [4.69, 9.17) is 4.74 Å². The first-order valence-corrected chi connectivity index (χ1v) is 7.87. The van der Waals surface area contributed by atoms with E-state index in [9.17, 15) is 24.8 Å². The topological polar surface area (TPSA) is 155 Å². The molecule has 3 amide bonds. The molecule has 11 heteroatoms. The van der Waals surface area contributed by atoms with Crippen LogP contribution in [0, 0.1) is 10.1 Å². The molecule has 0 spiro atoms. The molecule has 28 heavy (non-hydrogen) atoms. The maximum absolute atomic E-state index is 11.7. The molecule has 0 saturated carbocycles. The van der Waals surface area contributed by atoms with Crippen molar-refractivity contribution in [3.05, 3.63) is 58.1 Å². The largest absolute Gasteiger partial charge is 0.504 e. The third-order valence-electron chi connectivity index (χ3n) is 3.33. The number of nitrogens with zero attached hydrogens (tertiary/aromatic N) is 2. The summed E-state index contributed by atoms with van der Waals surface area (Å²) < 4.78 is 4.91. The Bertz CT molecular complexity index is 915. The molecule has 0 atom stereocenters. The monoisotopic (exact) mass is 387 g/mol. The second-order valence-corrected chi connectivity index (χ2v) is 5.34. The number of nitrogens with one attached hydrogen (secondary N) is 3. The third-order valence-corrected chi connectivity index (χ3v) is 3.33. The number of carbonyl (C=O) groups excluding carboxylic acids is 2. The smallest absolute Gasteiger partial charge is 0.319 e. The summed E-state index contributed by atoms with van der Waals surface area (Å²) >= 11 is 0. The van der Waals surface area contributed by atoms with Gasteiger partial charge in [-0.25, -0.2) is 10.2 Å². The molecule has 0 saturated heterocycles. The number of benzene rings is 2. The van der Waals surface area contributed by atoms with Crippen LogP contribution in [0.4, 0.5) is 16.2 Å². The van der Waals surface area contributed by atoms with Gasteiger partial charge in [0, 0.05) is 17.8 Å². The van der Waals surface area contributed by atoms with Crippen LogP contribution in [0.1, 0.15) is 5.56 Å². The highest BCUT2D eigenvalue weighted by molar-refractivity contribution is 5.92. The van der Waals surface area contributed by atoms with E-state index in [0.717, 1.165) is 0 Å². The number of nitro benzene ring substituents is 1. The standard InChI is InChI=1S/C17H17N5O6/c1-28-15-6-5-11(7-14(15)23)9-19-21-16(24)10-18-17(25)20-12-3-2-4-13(8-12)22(26)27/h2-9,23H,10H2,1H3,(H,21,24)(H2,18,20,25). The van der Waals surface area contributed by atoms with Gasteiger partial charge in [-0.15, -0.1) is 0 Å². The Hall–Kier alpha value is -4.15. The molecule has 0 heterocycles. The Morgan fingerprint density at radius 1 is 1.29 bits per heavy atom. The van der Waals surface area contributed by atoms with Crippen molar-refractivity contribution in [2.75, 3.05) is 19.0 Å². The predicted molar refractivity (Wildman–Crippen MR) is 101 cm³/mol. The molecule has 2 rings (SSSR count). The molecule has 0 bridgehead atoms. The van der Waals surface area contributed by atoms with Crippen molar-refractivity contribution in [3.8, 4) is 11.5 Å². The van der Waals surface area contributed by atoms with Gasteiger partial charge in [0.1, 0.15) is 6.54 Å². The number of non-ortho nitro benzene ring substituents is 1. The van der Waals surface area contributed by atoms with E-state index in [2.05, 4.69) is 21.2 Å². The number of carbonyl (C=O) groups is 2. The van der Waals surface area contributed by atoms with Crippen LogP contribution < -0.4 is 20.8 Å². The number of hydrazone groups is 1.